The maximum Gasteiger partial charge on any atom is 0.224 e. The lowest BCUT2D eigenvalue weighted by atomic mass is 9.89. The number of nitrogens with one attached hydrogen (secondary N) is 1. The Hall–Kier alpha value is -1.51. The Kier molecular flexibility index (Phi) is 6.56. The maximum absolute atomic E-state index is 11.7. The van der Waals surface area contributed by atoms with Crippen LogP contribution < -0.4 is 5.32 Å². The van der Waals surface area contributed by atoms with E-state index < -0.39 is 0 Å². The van der Waals surface area contributed by atoms with Gasteiger partial charge in [-0.15, -0.1) is 0 Å². The van der Waals surface area contributed by atoms with Gasteiger partial charge in [-0.3, -0.25) is 4.79 Å². The van der Waals surface area contributed by atoms with Crippen molar-refractivity contribution in [3.05, 3.63) is 24.3 Å². The van der Waals surface area contributed by atoms with Gasteiger partial charge < -0.3 is 10.4 Å². The van der Waals surface area contributed by atoms with Crippen molar-refractivity contribution in [1.29, 1.82) is 0 Å². The topological polar surface area (TPSA) is 49.3 Å². The highest BCUT2D eigenvalue weighted by molar-refractivity contribution is 5.90. The van der Waals surface area contributed by atoms with Gasteiger partial charge in [0.25, 0.3) is 0 Å². The normalized spacial score (nSPS) is 11.3. The highest BCUT2D eigenvalue weighted by Gasteiger charge is 2.09. The van der Waals surface area contributed by atoms with Crippen LogP contribution in [0.4, 0.5) is 5.69 Å². The molecule has 0 bridgehead atoms. The van der Waals surface area contributed by atoms with Crippen molar-refractivity contribution in [3.8, 4) is 5.75 Å². The Bertz CT molecular complexity index is 404. The summed E-state index contributed by atoms with van der Waals surface area (Å²) in [6, 6.07) is 6.55. The van der Waals surface area contributed by atoms with E-state index in [9.17, 15) is 4.79 Å². The van der Waals surface area contributed by atoms with Crippen LogP contribution in [0.25, 0.3) is 0 Å². The van der Waals surface area contributed by atoms with Gasteiger partial charge in [0.05, 0.1) is 0 Å². The molecule has 3 heteroatoms. The molecule has 0 saturated carbocycles. The van der Waals surface area contributed by atoms with Crippen molar-refractivity contribution in [3.63, 3.8) is 0 Å². The van der Waals surface area contributed by atoms with Crippen LogP contribution in [0.3, 0.4) is 0 Å². The first-order valence-electron chi connectivity index (χ1n) is 7.46. The summed E-state index contributed by atoms with van der Waals surface area (Å²) in [4.78, 5) is 11.7. The van der Waals surface area contributed by atoms with E-state index in [-0.39, 0.29) is 11.7 Å². The number of amides is 1. The van der Waals surface area contributed by atoms with E-state index in [1.54, 1.807) is 24.3 Å². The summed E-state index contributed by atoms with van der Waals surface area (Å²) >= 11 is 0. The second kappa shape index (κ2) is 7.93. The zero-order valence-corrected chi connectivity index (χ0v) is 12.9. The molecule has 0 aliphatic heterocycles. The van der Waals surface area contributed by atoms with Gasteiger partial charge in [0, 0.05) is 12.1 Å². The Morgan fingerprint density at radius 1 is 1.05 bits per heavy atom. The summed E-state index contributed by atoms with van der Waals surface area (Å²) in [5.74, 6) is 0.258. The maximum atomic E-state index is 11.7. The summed E-state index contributed by atoms with van der Waals surface area (Å²) < 4.78 is 0. The van der Waals surface area contributed by atoms with Crippen LogP contribution >= 0.6 is 0 Å². The number of hydrogen-bond donors (Lipinski definition) is 2. The van der Waals surface area contributed by atoms with Crippen molar-refractivity contribution in [1.82, 2.24) is 0 Å². The molecular formula is C17H27NO2. The molecule has 0 spiro atoms. The first-order chi connectivity index (χ1) is 9.37. The molecule has 0 aliphatic rings. The second-order valence-corrected chi connectivity index (χ2v) is 6.57. The summed E-state index contributed by atoms with van der Waals surface area (Å²) in [5, 5.41) is 12.0. The fraction of sp³-hybridized carbons (Fsp3) is 0.588. The molecule has 1 amide bonds. The number of anilines is 1. The lowest BCUT2D eigenvalue weighted by Gasteiger charge is -2.17. The van der Waals surface area contributed by atoms with Gasteiger partial charge >= 0.3 is 0 Å². The minimum Gasteiger partial charge on any atom is -0.508 e. The predicted octanol–water partition coefficient (Wildman–Crippen LogP) is 4.72. The minimum absolute atomic E-state index is 0.0477. The number of rotatable bonds is 7. The smallest absolute Gasteiger partial charge is 0.224 e. The molecule has 0 aromatic heterocycles. The molecule has 1 aromatic rings. The van der Waals surface area contributed by atoms with Gasteiger partial charge in [0.2, 0.25) is 5.91 Å². The SMILES string of the molecule is CC(C)(C)CCCCCCC(=O)Nc1ccc(O)cc1. The van der Waals surface area contributed by atoms with E-state index in [0.29, 0.717) is 11.8 Å². The van der Waals surface area contributed by atoms with E-state index in [4.69, 9.17) is 5.11 Å². The van der Waals surface area contributed by atoms with Crippen LogP contribution in [0.2, 0.25) is 0 Å². The Labute approximate surface area is 122 Å². The van der Waals surface area contributed by atoms with Gasteiger partial charge in [-0.25, -0.2) is 0 Å². The van der Waals surface area contributed by atoms with E-state index in [1.807, 2.05) is 0 Å². The molecule has 0 aliphatic carbocycles. The van der Waals surface area contributed by atoms with Crippen molar-refractivity contribution < 1.29 is 9.90 Å². The first kappa shape index (κ1) is 16.5. The van der Waals surface area contributed by atoms with Crippen molar-refractivity contribution in [2.24, 2.45) is 5.41 Å². The number of phenols is 1. The van der Waals surface area contributed by atoms with Gasteiger partial charge in [0.1, 0.15) is 5.75 Å². The quantitative estimate of drug-likeness (QED) is 0.559. The fourth-order valence-electron chi connectivity index (χ4n) is 2.06. The van der Waals surface area contributed by atoms with E-state index in [2.05, 4.69) is 26.1 Å². The van der Waals surface area contributed by atoms with E-state index >= 15 is 0 Å². The van der Waals surface area contributed by atoms with Crippen LogP contribution in [0.15, 0.2) is 24.3 Å². The highest BCUT2D eigenvalue weighted by atomic mass is 16.3. The molecule has 2 N–H and O–H groups in total. The molecule has 0 heterocycles. The van der Waals surface area contributed by atoms with Crippen LogP contribution in [-0.2, 0) is 4.79 Å². The van der Waals surface area contributed by atoms with Gasteiger partial charge in [-0.05, 0) is 42.5 Å². The number of hydrogen-bond acceptors (Lipinski definition) is 2. The lowest BCUT2D eigenvalue weighted by molar-refractivity contribution is -0.116. The van der Waals surface area contributed by atoms with Crippen LogP contribution in [0, 0.1) is 5.41 Å². The second-order valence-electron chi connectivity index (χ2n) is 6.57. The Morgan fingerprint density at radius 3 is 2.25 bits per heavy atom. The number of benzene rings is 1. The van der Waals surface area contributed by atoms with Crippen molar-refractivity contribution in [2.45, 2.75) is 59.3 Å². The molecular weight excluding hydrogens is 250 g/mol. The summed E-state index contributed by atoms with van der Waals surface area (Å²) in [6.07, 6.45) is 6.29. The average molecular weight is 277 g/mol. The fourth-order valence-corrected chi connectivity index (χ4v) is 2.06. The van der Waals surface area contributed by atoms with Gasteiger partial charge in [-0.1, -0.05) is 40.0 Å². The molecule has 3 nitrogen and oxygen atoms in total. The zero-order chi connectivity index (χ0) is 15.0. The van der Waals surface area contributed by atoms with Gasteiger partial charge in [-0.2, -0.15) is 0 Å². The minimum atomic E-state index is 0.0477. The molecule has 20 heavy (non-hydrogen) atoms. The molecule has 0 unspecified atom stereocenters. The number of carbonyl (C=O) groups is 1. The molecule has 0 radical (unpaired) electrons. The van der Waals surface area contributed by atoms with Crippen LogP contribution in [-0.4, -0.2) is 11.0 Å². The molecule has 0 fully saturated rings. The summed E-state index contributed by atoms with van der Waals surface area (Å²) in [7, 11) is 0. The van der Waals surface area contributed by atoms with Crippen molar-refractivity contribution in [2.75, 3.05) is 5.32 Å². The van der Waals surface area contributed by atoms with Crippen molar-refractivity contribution >= 4 is 11.6 Å². The third-order valence-corrected chi connectivity index (χ3v) is 3.23. The number of unbranched alkanes of at least 4 members (excludes halogenated alkanes) is 3. The predicted molar refractivity (Wildman–Crippen MR) is 83.9 cm³/mol. The summed E-state index contributed by atoms with van der Waals surface area (Å²) in [6.45, 7) is 6.79. The standard InChI is InChI=1S/C17H27NO2/c1-17(2,3)13-7-5-4-6-8-16(20)18-14-9-11-15(19)12-10-14/h9-12,19H,4-8,13H2,1-3H3,(H,18,20). The molecule has 0 atom stereocenters. The average Bonchev–Trinajstić information content (AvgIpc) is 2.35. The zero-order valence-electron chi connectivity index (χ0n) is 12.9. The van der Waals surface area contributed by atoms with Gasteiger partial charge in [0.15, 0.2) is 0 Å². The molecule has 0 saturated heterocycles. The molecule has 112 valence electrons. The third kappa shape index (κ3) is 7.82. The monoisotopic (exact) mass is 277 g/mol. The lowest BCUT2D eigenvalue weighted by Crippen LogP contribution is -2.10. The molecule has 1 rings (SSSR count). The van der Waals surface area contributed by atoms with Crippen LogP contribution in [0.5, 0.6) is 5.75 Å². The first-order valence-corrected chi connectivity index (χ1v) is 7.46. The highest BCUT2D eigenvalue weighted by Crippen LogP contribution is 2.22. The number of phenolic OH excluding ortho intramolecular Hbond substituents is 1. The third-order valence-electron chi connectivity index (χ3n) is 3.23. The van der Waals surface area contributed by atoms with E-state index in [0.717, 1.165) is 18.5 Å². The molecule has 1 aromatic carbocycles. The van der Waals surface area contributed by atoms with E-state index in [1.165, 1.54) is 19.3 Å². The Balaban J connectivity index is 2.10. The number of carbonyl (C=O) groups excluding carboxylic acids is 1. The summed E-state index contributed by atoms with van der Waals surface area (Å²) in [5.41, 5.74) is 1.15. The Morgan fingerprint density at radius 2 is 1.65 bits per heavy atom. The number of aromatic hydroxyl groups is 1. The largest absolute Gasteiger partial charge is 0.508 e. The van der Waals surface area contributed by atoms with Crippen LogP contribution in [0.1, 0.15) is 59.3 Å².